The number of esters is 1. The second-order valence-electron chi connectivity index (χ2n) is 7.22. The minimum absolute atomic E-state index is 0.191. The molecule has 2 aromatic carbocycles. The molecule has 1 aliphatic rings. The molecule has 31 heavy (non-hydrogen) atoms. The molecule has 0 atom stereocenters. The molecule has 1 aromatic heterocycles. The Balaban J connectivity index is 1.35. The summed E-state index contributed by atoms with van der Waals surface area (Å²) < 4.78 is 10.4. The van der Waals surface area contributed by atoms with Crippen LogP contribution in [-0.4, -0.2) is 41.5 Å². The molecule has 1 saturated carbocycles. The van der Waals surface area contributed by atoms with Crippen molar-refractivity contribution < 1.29 is 19.1 Å². The van der Waals surface area contributed by atoms with Crippen molar-refractivity contribution in [2.24, 2.45) is 0 Å². The van der Waals surface area contributed by atoms with E-state index in [1.165, 1.54) is 11.3 Å². The first-order valence-electron chi connectivity index (χ1n) is 9.84. The topological polar surface area (TPSA) is 68.7 Å². The molecule has 8 heteroatoms. The molecule has 0 saturated heterocycles. The summed E-state index contributed by atoms with van der Waals surface area (Å²) in [6.45, 7) is 0.168. The van der Waals surface area contributed by atoms with Crippen molar-refractivity contribution in [1.82, 2.24) is 9.88 Å². The van der Waals surface area contributed by atoms with Crippen LogP contribution in [-0.2, 0) is 16.1 Å². The maximum absolute atomic E-state index is 12.7. The Morgan fingerprint density at radius 2 is 1.84 bits per heavy atom. The van der Waals surface area contributed by atoms with E-state index in [2.05, 4.69) is 4.98 Å². The third-order valence-corrected chi connectivity index (χ3v) is 6.09. The minimum Gasteiger partial charge on any atom is -0.497 e. The van der Waals surface area contributed by atoms with Crippen molar-refractivity contribution >= 4 is 34.8 Å². The molecule has 160 valence electrons. The van der Waals surface area contributed by atoms with Crippen LogP contribution in [0.4, 0.5) is 0 Å². The van der Waals surface area contributed by atoms with Crippen molar-refractivity contribution in [3.8, 4) is 16.3 Å². The molecule has 0 bridgehead atoms. The number of halogens is 1. The number of benzene rings is 2. The summed E-state index contributed by atoms with van der Waals surface area (Å²) in [5.41, 5.74) is 2.05. The van der Waals surface area contributed by atoms with Crippen molar-refractivity contribution in [2.45, 2.75) is 25.4 Å². The number of ether oxygens (including phenoxy) is 2. The number of amides is 1. The van der Waals surface area contributed by atoms with Gasteiger partial charge in [0.2, 0.25) is 0 Å². The maximum atomic E-state index is 12.7. The average molecular weight is 457 g/mol. The van der Waals surface area contributed by atoms with Gasteiger partial charge in [0.15, 0.2) is 12.3 Å². The fourth-order valence-corrected chi connectivity index (χ4v) is 4.03. The molecule has 0 spiro atoms. The maximum Gasteiger partial charge on any atom is 0.358 e. The zero-order valence-electron chi connectivity index (χ0n) is 16.9. The van der Waals surface area contributed by atoms with Crippen LogP contribution in [0, 0.1) is 0 Å². The Kier molecular flexibility index (Phi) is 6.53. The molecule has 0 N–H and O–H groups in total. The van der Waals surface area contributed by atoms with Crippen molar-refractivity contribution in [3.05, 3.63) is 70.2 Å². The Bertz CT molecular complexity index is 1060. The largest absolute Gasteiger partial charge is 0.497 e. The molecule has 0 aliphatic heterocycles. The van der Waals surface area contributed by atoms with E-state index in [0.717, 1.165) is 29.7 Å². The molecular weight excluding hydrogens is 436 g/mol. The van der Waals surface area contributed by atoms with E-state index in [4.69, 9.17) is 21.1 Å². The second-order valence-corrected chi connectivity index (χ2v) is 8.52. The highest BCUT2D eigenvalue weighted by Crippen LogP contribution is 2.29. The lowest BCUT2D eigenvalue weighted by Gasteiger charge is -2.22. The smallest absolute Gasteiger partial charge is 0.358 e. The molecule has 0 unspecified atom stereocenters. The summed E-state index contributed by atoms with van der Waals surface area (Å²) in [6.07, 6.45) is 1.93. The van der Waals surface area contributed by atoms with Gasteiger partial charge in [0, 0.05) is 28.6 Å². The standard InChI is InChI=1S/C23H21ClN2O4S/c1-29-19-10-2-15(3-11-19)12-26(18-8-9-18)21(27)13-30-23(28)20-14-31-22(25-20)16-4-6-17(24)7-5-16/h2-7,10-11,14,18H,8-9,12-13H2,1H3. The first-order chi connectivity index (χ1) is 15.0. The van der Waals surface area contributed by atoms with Gasteiger partial charge < -0.3 is 14.4 Å². The summed E-state index contributed by atoms with van der Waals surface area (Å²) in [6, 6.07) is 15.0. The number of aromatic nitrogens is 1. The number of carbonyl (C=O) groups is 2. The SMILES string of the molecule is COc1ccc(CN(C(=O)COC(=O)c2csc(-c3ccc(Cl)cc3)n2)C2CC2)cc1. The summed E-state index contributed by atoms with van der Waals surface area (Å²) in [5, 5.41) is 2.95. The van der Waals surface area contributed by atoms with Crippen LogP contribution in [0.15, 0.2) is 53.9 Å². The zero-order valence-corrected chi connectivity index (χ0v) is 18.5. The fourth-order valence-electron chi connectivity index (χ4n) is 3.11. The monoisotopic (exact) mass is 456 g/mol. The molecule has 0 radical (unpaired) electrons. The fraction of sp³-hybridized carbons (Fsp3) is 0.261. The van der Waals surface area contributed by atoms with E-state index in [1.54, 1.807) is 29.5 Å². The summed E-state index contributed by atoms with van der Waals surface area (Å²) in [5.74, 6) is -0.0481. The van der Waals surface area contributed by atoms with E-state index in [0.29, 0.717) is 16.6 Å². The van der Waals surface area contributed by atoms with E-state index < -0.39 is 5.97 Å². The van der Waals surface area contributed by atoms with Gasteiger partial charge in [-0.15, -0.1) is 11.3 Å². The van der Waals surface area contributed by atoms with Crippen LogP contribution in [0.1, 0.15) is 28.9 Å². The van der Waals surface area contributed by atoms with Gasteiger partial charge in [0.1, 0.15) is 10.8 Å². The minimum atomic E-state index is -0.606. The highest BCUT2D eigenvalue weighted by molar-refractivity contribution is 7.13. The van der Waals surface area contributed by atoms with Crippen LogP contribution in [0.5, 0.6) is 5.75 Å². The van der Waals surface area contributed by atoms with Crippen molar-refractivity contribution in [1.29, 1.82) is 0 Å². The predicted octanol–water partition coefficient (Wildman–Crippen LogP) is 4.82. The van der Waals surface area contributed by atoms with Gasteiger partial charge >= 0.3 is 5.97 Å². The molecule has 4 rings (SSSR count). The van der Waals surface area contributed by atoms with Crippen LogP contribution < -0.4 is 4.74 Å². The lowest BCUT2D eigenvalue weighted by Crippen LogP contribution is -2.36. The van der Waals surface area contributed by atoms with Crippen LogP contribution in [0.2, 0.25) is 5.02 Å². The van der Waals surface area contributed by atoms with Gasteiger partial charge in [0.05, 0.1) is 7.11 Å². The molecule has 1 aliphatic carbocycles. The normalized spacial score (nSPS) is 13.0. The van der Waals surface area contributed by atoms with Gasteiger partial charge in [-0.2, -0.15) is 0 Å². The van der Waals surface area contributed by atoms with Gasteiger partial charge in [-0.3, -0.25) is 4.79 Å². The molecular formula is C23H21ClN2O4S. The predicted molar refractivity (Wildman–Crippen MR) is 119 cm³/mol. The molecule has 3 aromatic rings. The Hall–Kier alpha value is -2.90. The highest BCUT2D eigenvalue weighted by Gasteiger charge is 2.33. The summed E-state index contributed by atoms with van der Waals surface area (Å²) >= 11 is 7.25. The van der Waals surface area contributed by atoms with Crippen LogP contribution >= 0.6 is 22.9 Å². The zero-order chi connectivity index (χ0) is 21.8. The van der Waals surface area contributed by atoms with Gasteiger partial charge in [-0.05, 0) is 42.7 Å². The van der Waals surface area contributed by atoms with Crippen molar-refractivity contribution in [2.75, 3.05) is 13.7 Å². The number of hydrogen-bond donors (Lipinski definition) is 0. The number of hydrogen-bond acceptors (Lipinski definition) is 6. The lowest BCUT2D eigenvalue weighted by molar-refractivity contribution is -0.135. The highest BCUT2D eigenvalue weighted by atomic mass is 35.5. The van der Waals surface area contributed by atoms with E-state index >= 15 is 0 Å². The number of carbonyl (C=O) groups excluding carboxylic acids is 2. The van der Waals surface area contributed by atoms with Crippen molar-refractivity contribution in [3.63, 3.8) is 0 Å². The van der Waals surface area contributed by atoms with Gasteiger partial charge in [-0.1, -0.05) is 35.9 Å². The molecule has 6 nitrogen and oxygen atoms in total. The lowest BCUT2D eigenvalue weighted by atomic mass is 10.2. The summed E-state index contributed by atoms with van der Waals surface area (Å²) in [7, 11) is 1.62. The molecule has 1 fully saturated rings. The first-order valence-corrected chi connectivity index (χ1v) is 11.1. The quantitative estimate of drug-likeness (QED) is 0.454. The van der Waals surface area contributed by atoms with E-state index in [-0.39, 0.29) is 24.2 Å². The van der Waals surface area contributed by atoms with E-state index in [1.807, 2.05) is 36.4 Å². The number of nitrogens with zero attached hydrogens (tertiary/aromatic N) is 2. The van der Waals surface area contributed by atoms with Crippen LogP contribution in [0.3, 0.4) is 0 Å². The summed E-state index contributed by atoms with van der Waals surface area (Å²) in [4.78, 5) is 31.2. The van der Waals surface area contributed by atoms with Crippen LogP contribution in [0.25, 0.3) is 10.6 Å². The molecule has 1 amide bonds. The number of rotatable bonds is 8. The van der Waals surface area contributed by atoms with Gasteiger partial charge in [-0.25, -0.2) is 9.78 Å². The Morgan fingerprint density at radius 3 is 2.48 bits per heavy atom. The third kappa shape index (κ3) is 5.42. The van der Waals surface area contributed by atoms with E-state index in [9.17, 15) is 9.59 Å². The van der Waals surface area contributed by atoms with Gasteiger partial charge in [0.25, 0.3) is 5.91 Å². The third-order valence-electron chi connectivity index (χ3n) is 4.95. The first kappa shape index (κ1) is 21.3. The second kappa shape index (κ2) is 9.49. The average Bonchev–Trinajstić information content (AvgIpc) is 3.51. The number of thiazole rings is 1. The number of methoxy groups -OCH3 is 1. The molecule has 1 heterocycles. The Labute approximate surface area is 189 Å². The Morgan fingerprint density at radius 1 is 1.13 bits per heavy atom.